The molecule has 32 heavy (non-hydrogen) atoms. The molecule has 170 valence electrons. The standard InChI is InChI=1S/C24H28ClN3O3S/c1-27(2)17-18-28(32(29,30)22-14-12-20(25)13-15-22)24-11-7-6-10-23(24)26-16-19-31-21-8-4-3-5-9-21/h3-15,26H,16-19H2,1-2H3. The van der Waals surface area contributed by atoms with Gasteiger partial charge in [-0.3, -0.25) is 4.31 Å². The Kier molecular flexibility index (Phi) is 8.39. The number of sulfonamides is 1. The van der Waals surface area contributed by atoms with Gasteiger partial charge in [0, 0.05) is 24.7 Å². The number of para-hydroxylation sites is 3. The summed E-state index contributed by atoms with van der Waals surface area (Å²) in [6.45, 7) is 1.84. The summed E-state index contributed by atoms with van der Waals surface area (Å²) in [5.41, 5.74) is 1.31. The van der Waals surface area contributed by atoms with Crippen molar-refractivity contribution < 1.29 is 13.2 Å². The fourth-order valence-corrected chi connectivity index (χ4v) is 4.71. The van der Waals surface area contributed by atoms with Gasteiger partial charge in [0.05, 0.1) is 16.3 Å². The minimum absolute atomic E-state index is 0.197. The molecule has 0 heterocycles. The van der Waals surface area contributed by atoms with Gasteiger partial charge in [-0.05, 0) is 62.6 Å². The molecule has 0 aliphatic rings. The third-order valence-corrected chi connectivity index (χ3v) is 6.83. The highest BCUT2D eigenvalue weighted by atomic mass is 35.5. The fourth-order valence-electron chi connectivity index (χ4n) is 3.11. The molecular weight excluding hydrogens is 446 g/mol. The number of hydrogen-bond acceptors (Lipinski definition) is 5. The molecule has 0 aliphatic heterocycles. The van der Waals surface area contributed by atoms with Gasteiger partial charge in [0.25, 0.3) is 10.0 Å². The number of anilines is 2. The van der Waals surface area contributed by atoms with Crippen molar-refractivity contribution in [1.82, 2.24) is 4.90 Å². The summed E-state index contributed by atoms with van der Waals surface area (Å²) in [4.78, 5) is 2.15. The Morgan fingerprint density at radius 3 is 2.22 bits per heavy atom. The molecule has 1 N–H and O–H groups in total. The van der Waals surface area contributed by atoms with E-state index in [0.29, 0.717) is 37.0 Å². The second-order valence-corrected chi connectivity index (χ2v) is 9.74. The monoisotopic (exact) mass is 473 g/mol. The average molecular weight is 474 g/mol. The van der Waals surface area contributed by atoms with Crippen LogP contribution in [0.1, 0.15) is 0 Å². The molecule has 0 amide bonds. The number of benzene rings is 3. The van der Waals surface area contributed by atoms with Crippen LogP contribution in [0.5, 0.6) is 5.75 Å². The smallest absolute Gasteiger partial charge is 0.264 e. The van der Waals surface area contributed by atoms with Gasteiger partial charge in [0.15, 0.2) is 0 Å². The highest BCUT2D eigenvalue weighted by Gasteiger charge is 2.26. The molecule has 0 aromatic heterocycles. The van der Waals surface area contributed by atoms with Crippen LogP contribution in [0, 0.1) is 0 Å². The van der Waals surface area contributed by atoms with E-state index in [1.807, 2.05) is 73.6 Å². The van der Waals surface area contributed by atoms with Crippen molar-refractivity contribution in [2.75, 3.05) is 50.0 Å². The second kappa shape index (κ2) is 11.2. The van der Waals surface area contributed by atoms with Gasteiger partial charge in [0.1, 0.15) is 12.4 Å². The topological polar surface area (TPSA) is 61.9 Å². The highest BCUT2D eigenvalue weighted by molar-refractivity contribution is 7.92. The fraction of sp³-hybridized carbons (Fsp3) is 0.250. The maximum Gasteiger partial charge on any atom is 0.264 e. The molecule has 0 saturated heterocycles. The molecule has 0 radical (unpaired) electrons. The minimum Gasteiger partial charge on any atom is -0.492 e. The summed E-state index contributed by atoms with van der Waals surface area (Å²) in [6, 6.07) is 23.2. The zero-order valence-electron chi connectivity index (χ0n) is 18.2. The number of halogens is 1. The van der Waals surface area contributed by atoms with E-state index in [-0.39, 0.29) is 4.90 Å². The van der Waals surface area contributed by atoms with E-state index in [2.05, 4.69) is 5.32 Å². The van der Waals surface area contributed by atoms with E-state index < -0.39 is 10.0 Å². The summed E-state index contributed by atoms with van der Waals surface area (Å²) < 4.78 is 34.3. The Bertz CT molecular complexity index is 1090. The number of ether oxygens (including phenoxy) is 1. The number of nitrogens with one attached hydrogen (secondary N) is 1. The Labute approximate surface area is 195 Å². The zero-order valence-corrected chi connectivity index (χ0v) is 19.8. The van der Waals surface area contributed by atoms with Crippen LogP contribution in [0.25, 0.3) is 0 Å². The third-order valence-electron chi connectivity index (χ3n) is 4.75. The number of nitrogens with zero attached hydrogens (tertiary/aromatic N) is 2. The molecule has 3 rings (SSSR count). The van der Waals surface area contributed by atoms with Crippen LogP contribution in [0.3, 0.4) is 0 Å². The molecule has 0 atom stereocenters. The van der Waals surface area contributed by atoms with Crippen molar-refractivity contribution in [1.29, 1.82) is 0 Å². The van der Waals surface area contributed by atoms with E-state index in [1.165, 1.54) is 16.4 Å². The molecule has 6 nitrogen and oxygen atoms in total. The maximum atomic E-state index is 13.5. The lowest BCUT2D eigenvalue weighted by molar-refractivity contribution is 0.333. The lowest BCUT2D eigenvalue weighted by atomic mass is 10.2. The van der Waals surface area contributed by atoms with Crippen LogP contribution in [0.15, 0.2) is 83.8 Å². The molecule has 0 spiro atoms. The molecule has 3 aromatic carbocycles. The molecule has 8 heteroatoms. The molecule has 3 aromatic rings. The van der Waals surface area contributed by atoms with Gasteiger partial charge in [-0.25, -0.2) is 8.42 Å². The molecule has 0 aliphatic carbocycles. The predicted molar refractivity (Wildman–Crippen MR) is 131 cm³/mol. The zero-order chi connectivity index (χ0) is 23.0. The number of likely N-dealkylation sites (N-methyl/N-ethyl adjacent to an activating group) is 1. The Morgan fingerprint density at radius 1 is 0.875 bits per heavy atom. The Hall–Kier alpha value is -2.74. The first-order chi connectivity index (χ1) is 15.4. The largest absolute Gasteiger partial charge is 0.492 e. The second-order valence-electron chi connectivity index (χ2n) is 7.44. The lowest BCUT2D eigenvalue weighted by Crippen LogP contribution is -2.37. The summed E-state index contributed by atoms with van der Waals surface area (Å²) >= 11 is 5.96. The van der Waals surface area contributed by atoms with Crippen molar-refractivity contribution in [2.45, 2.75) is 4.90 Å². The quantitative estimate of drug-likeness (QED) is 0.413. The lowest BCUT2D eigenvalue weighted by Gasteiger charge is -2.28. The van der Waals surface area contributed by atoms with Crippen molar-refractivity contribution in [2.24, 2.45) is 0 Å². The van der Waals surface area contributed by atoms with Crippen LogP contribution < -0.4 is 14.4 Å². The maximum absolute atomic E-state index is 13.5. The SMILES string of the molecule is CN(C)CCN(c1ccccc1NCCOc1ccccc1)S(=O)(=O)c1ccc(Cl)cc1. The summed E-state index contributed by atoms with van der Waals surface area (Å²) in [7, 11) is 0.0438. The van der Waals surface area contributed by atoms with Gasteiger partial charge in [-0.2, -0.15) is 0 Å². The van der Waals surface area contributed by atoms with Gasteiger partial charge in [-0.1, -0.05) is 41.9 Å². The van der Waals surface area contributed by atoms with Gasteiger partial charge in [0.2, 0.25) is 0 Å². The van der Waals surface area contributed by atoms with Crippen molar-refractivity contribution in [3.05, 3.63) is 83.9 Å². The molecule has 0 fully saturated rings. The van der Waals surface area contributed by atoms with Crippen LogP contribution in [0.4, 0.5) is 11.4 Å². The van der Waals surface area contributed by atoms with Crippen LogP contribution in [-0.4, -0.2) is 53.7 Å². The highest BCUT2D eigenvalue weighted by Crippen LogP contribution is 2.31. The Balaban J connectivity index is 1.82. The van der Waals surface area contributed by atoms with E-state index in [4.69, 9.17) is 16.3 Å². The number of hydrogen-bond donors (Lipinski definition) is 1. The van der Waals surface area contributed by atoms with Crippen molar-refractivity contribution >= 4 is 33.0 Å². The molecule has 0 saturated carbocycles. The first-order valence-electron chi connectivity index (χ1n) is 10.3. The van der Waals surface area contributed by atoms with E-state index in [0.717, 1.165) is 11.4 Å². The summed E-state index contributed by atoms with van der Waals surface area (Å²) in [5.74, 6) is 0.792. The normalized spacial score (nSPS) is 11.4. The summed E-state index contributed by atoms with van der Waals surface area (Å²) in [5, 5.41) is 3.81. The first kappa shape index (κ1) is 23.9. The molecular formula is C24H28ClN3O3S. The average Bonchev–Trinajstić information content (AvgIpc) is 2.78. The summed E-state index contributed by atoms with van der Waals surface area (Å²) in [6.07, 6.45) is 0. The molecule has 0 bridgehead atoms. The minimum atomic E-state index is -3.79. The van der Waals surface area contributed by atoms with E-state index >= 15 is 0 Å². The van der Waals surface area contributed by atoms with E-state index in [9.17, 15) is 8.42 Å². The van der Waals surface area contributed by atoms with Crippen LogP contribution >= 0.6 is 11.6 Å². The predicted octanol–water partition coefficient (Wildman–Crippen LogP) is 4.59. The van der Waals surface area contributed by atoms with Crippen molar-refractivity contribution in [3.63, 3.8) is 0 Å². The van der Waals surface area contributed by atoms with Gasteiger partial charge >= 0.3 is 0 Å². The first-order valence-corrected chi connectivity index (χ1v) is 12.1. The Morgan fingerprint density at radius 2 is 1.53 bits per heavy atom. The van der Waals surface area contributed by atoms with Crippen molar-refractivity contribution in [3.8, 4) is 5.75 Å². The number of rotatable bonds is 11. The third kappa shape index (κ3) is 6.38. The van der Waals surface area contributed by atoms with Crippen LogP contribution in [0.2, 0.25) is 5.02 Å². The van der Waals surface area contributed by atoms with E-state index in [1.54, 1.807) is 12.1 Å². The van der Waals surface area contributed by atoms with Gasteiger partial charge in [-0.15, -0.1) is 0 Å². The van der Waals surface area contributed by atoms with Gasteiger partial charge < -0.3 is 15.0 Å². The van der Waals surface area contributed by atoms with Crippen LogP contribution in [-0.2, 0) is 10.0 Å². The molecule has 0 unspecified atom stereocenters.